The third-order valence-electron chi connectivity index (χ3n) is 4.76. The average Bonchev–Trinajstić information content (AvgIpc) is 2.84. The first-order chi connectivity index (χ1) is 12.5. The van der Waals surface area contributed by atoms with Gasteiger partial charge in [-0.05, 0) is 24.3 Å². The molecule has 0 bridgehead atoms. The van der Waals surface area contributed by atoms with E-state index in [1.807, 2.05) is 41.9 Å². The van der Waals surface area contributed by atoms with Crippen molar-refractivity contribution in [2.24, 2.45) is 12.8 Å². The molecule has 1 unspecified atom stereocenters. The van der Waals surface area contributed by atoms with Gasteiger partial charge in [-0.25, -0.2) is 0 Å². The highest BCUT2D eigenvalue weighted by molar-refractivity contribution is 6.03. The topological polar surface area (TPSA) is 86.4 Å². The summed E-state index contributed by atoms with van der Waals surface area (Å²) in [7, 11) is 1.87. The number of aryl methyl sites for hydroxylation is 1. The number of rotatable bonds is 3. The molecule has 0 spiro atoms. The van der Waals surface area contributed by atoms with Gasteiger partial charge < -0.3 is 20.4 Å². The number of benzene rings is 2. The molecule has 1 amide bonds. The number of ketones is 1. The number of Topliss-reactive ketones (excluding diaryl/α,β-unsaturated/α-hetero) is 1. The summed E-state index contributed by atoms with van der Waals surface area (Å²) in [5, 5.41) is 4.25. The van der Waals surface area contributed by atoms with E-state index in [4.69, 9.17) is 10.5 Å². The number of nitrogens with one attached hydrogen (secondary N) is 1. The molecule has 6 heteroatoms. The lowest BCUT2D eigenvalue weighted by atomic mass is 10.1. The lowest BCUT2D eigenvalue weighted by molar-refractivity contribution is 0.0791. The van der Waals surface area contributed by atoms with Crippen molar-refractivity contribution in [2.75, 3.05) is 6.54 Å². The number of ether oxygens (including phenoxy) is 1. The van der Waals surface area contributed by atoms with E-state index in [9.17, 15) is 9.59 Å². The van der Waals surface area contributed by atoms with Crippen LogP contribution in [0.2, 0.25) is 0 Å². The van der Waals surface area contributed by atoms with Crippen molar-refractivity contribution in [1.29, 1.82) is 0 Å². The third kappa shape index (κ3) is 2.74. The summed E-state index contributed by atoms with van der Waals surface area (Å²) in [6.07, 6.45) is -0.678. The van der Waals surface area contributed by atoms with Crippen LogP contribution in [0.25, 0.3) is 10.9 Å². The summed E-state index contributed by atoms with van der Waals surface area (Å²) >= 11 is 0. The summed E-state index contributed by atoms with van der Waals surface area (Å²) in [5.41, 5.74) is 8.19. The molecule has 0 aliphatic carbocycles. The largest absolute Gasteiger partial charge is 0.480 e. The predicted molar refractivity (Wildman–Crippen MR) is 98.3 cm³/mol. The van der Waals surface area contributed by atoms with Crippen LogP contribution in [0.3, 0.4) is 0 Å². The number of hydrogen-bond acceptors (Lipinski definition) is 4. The predicted octanol–water partition coefficient (Wildman–Crippen LogP) is 2.01. The van der Waals surface area contributed by atoms with E-state index in [2.05, 4.69) is 5.32 Å². The number of primary amides is 1. The van der Waals surface area contributed by atoms with Crippen LogP contribution in [0.4, 0.5) is 0 Å². The van der Waals surface area contributed by atoms with Crippen molar-refractivity contribution in [3.05, 3.63) is 65.4 Å². The first kappa shape index (κ1) is 16.4. The standard InChI is InChI=1S/C20H19N3O3/c1-23-15-5-3-2-4-12(15)8-16(23)19(24)18-11-22-10-14-7-6-13(20(21)25)9-17(14)26-18/h2-9,18,22H,10-11H2,1H3,(H2,21,25). The fourth-order valence-electron chi connectivity index (χ4n) is 3.33. The second-order valence-corrected chi connectivity index (χ2v) is 6.44. The molecule has 26 heavy (non-hydrogen) atoms. The molecular weight excluding hydrogens is 330 g/mol. The molecule has 3 N–H and O–H groups in total. The first-order valence-electron chi connectivity index (χ1n) is 8.43. The second kappa shape index (κ2) is 6.31. The molecule has 1 atom stereocenters. The molecule has 0 fully saturated rings. The smallest absolute Gasteiger partial charge is 0.248 e. The van der Waals surface area contributed by atoms with Crippen LogP contribution in [0.15, 0.2) is 48.5 Å². The van der Waals surface area contributed by atoms with Gasteiger partial charge in [-0.3, -0.25) is 9.59 Å². The SMILES string of the molecule is Cn1c(C(=O)C2CNCc3ccc(C(N)=O)cc3O2)cc2ccccc21. The number of carbonyl (C=O) groups excluding carboxylic acids is 2. The van der Waals surface area contributed by atoms with Gasteiger partial charge >= 0.3 is 0 Å². The minimum absolute atomic E-state index is 0.103. The van der Waals surface area contributed by atoms with Gasteiger partial charge in [-0.2, -0.15) is 0 Å². The number of carbonyl (C=O) groups is 2. The number of aromatic nitrogens is 1. The summed E-state index contributed by atoms with van der Waals surface area (Å²) in [6, 6.07) is 14.8. The summed E-state index contributed by atoms with van der Waals surface area (Å²) in [6.45, 7) is 0.953. The molecule has 2 heterocycles. The Morgan fingerprint density at radius 2 is 2.00 bits per heavy atom. The van der Waals surface area contributed by atoms with Crippen molar-refractivity contribution in [1.82, 2.24) is 9.88 Å². The molecule has 1 aliphatic heterocycles. The quantitative estimate of drug-likeness (QED) is 0.708. The highest BCUT2D eigenvalue weighted by Crippen LogP contribution is 2.26. The van der Waals surface area contributed by atoms with Crippen molar-refractivity contribution < 1.29 is 14.3 Å². The van der Waals surface area contributed by atoms with E-state index < -0.39 is 12.0 Å². The van der Waals surface area contributed by atoms with Crippen molar-refractivity contribution in [3.63, 3.8) is 0 Å². The maximum Gasteiger partial charge on any atom is 0.248 e. The number of nitrogens with two attached hydrogens (primary N) is 1. The van der Waals surface area contributed by atoms with Gasteiger partial charge in [0.15, 0.2) is 6.10 Å². The van der Waals surface area contributed by atoms with Crippen LogP contribution < -0.4 is 15.8 Å². The summed E-state index contributed by atoms with van der Waals surface area (Å²) in [5.74, 6) is -0.109. The maximum atomic E-state index is 13.1. The first-order valence-corrected chi connectivity index (χ1v) is 8.43. The molecule has 0 saturated carbocycles. The Hall–Kier alpha value is -3.12. The van der Waals surface area contributed by atoms with Crippen LogP contribution in [0.1, 0.15) is 26.4 Å². The minimum Gasteiger partial charge on any atom is -0.480 e. The number of amides is 1. The van der Waals surface area contributed by atoms with Crippen molar-refractivity contribution >= 4 is 22.6 Å². The number of para-hydroxylation sites is 1. The molecule has 4 rings (SSSR count). The summed E-state index contributed by atoms with van der Waals surface area (Å²) < 4.78 is 7.86. The van der Waals surface area contributed by atoms with Gasteiger partial charge in [0.25, 0.3) is 0 Å². The second-order valence-electron chi connectivity index (χ2n) is 6.44. The Bertz CT molecular complexity index is 1020. The molecule has 0 radical (unpaired) electrons. The minimum atomic E-state index is -0.678. The Morgan fingerprint density at radius 3 is 2.77 bits per heavy atom. The summed E-state index contributed by atoms with van der Waals surface area (Å²) in [4.78, 5) is 24.5. The Kier molecular flexibility index (Phi) is 3.97. The van der Waals surface area contributed by atoms with E-state index in [1.165, 1.54) is 0 Å². The van der Waals surface area contributed by atoms with Gasteiger partial charge in [0.2, 0.25) is 11.7 Å². The van der Waals surface area contributed by atoms with Gasteiger partial charge in [0, 0.05) is 42.2 Å². The van der Waals surface area contributed by atoms with Crippen LogP contribution in [-0.4, -0.2) is 28.9 Å². The van der Waals surface area contributed by atoms with Crippen molar-refractivity contribution in [3.8, 4) is 5.75 Å². The lowest BCUT2D eigenvalue weighted by Crippen LogP contribution is -2.36. The lowest BCUT2D eigenvalue weighted by Gasteiger charge is -2.17. The van der Waals surface area contributed by atoms with Crippen LogP contribution >= 0.6 is 0 Å². The zero-order valence-corrected chi connectivity index (χ0v) is 14.4. The maximum absolute atomic E-state index is 13.1. The van der Waals surface area contributed by atoms with Gasteiger partial charge in [-0.1, -0.05) is 24.3 Å². The fourth-order valence-corrected chi connectivity index (χ4v) is 3.33. The Morgan fingerprint density at radius 1 is 1.19 bits per heavy atom. The average molecular weight is 349 g/mol. The van der Waals surface area contributed by atoms with Crippen molar-refractivity contribution in [2.45, 2.75) is 12.6 Å². The van der Waals surface area contributed by atoms with Crippen LogP contribution in [0, 0.1) is 0 Å². The van der Waals surface area contributed by atoms with E-state index >= 15 is 0 Å². The Labute approximate surface area is 150 Å². The normalized spacial score (nSPS) is 16.6. The van der Waals surface area contributed by atoms with E-state index in [1.54, 1.807) is 18.2 Å². The fraction of sp³-hybridized carbons (Fsp3) is 0.200. The van der Waals surface area contributed by atoms with Gasteiger partial charge in [0.1, 0.15) is 5.75 Å². The molecule has 6 nitrogen and oxygen atoms in total. The molecule has 1 aromatic heterocycles. The van der Waals surface area contributed by atoms with E-state index in [-0.39, 0.29) is 5.78 Å². The zero-order valence-electron chi connectivity index (χ0n) is 14.4. The molecule has 1 aliphatic rings. The highest BCUT2D eigenvalue weighted by atomic mass is 16.5. The van der Waals surface area contributed by atoms with E-state index in [0.717, 1.165) is 16.5 Å². The number of nitrogens with zero attached hydrogens (tertiary/aromatic N) is 1. The van der Waals surface area contributed by atoms with Crippen LogP contribution in [0.5, 0.6) is 5.75 Å². The van der Waals surface area contributed by atoms with Gasteiger partial charge in [-0.15, -0.1) is 0 Å². The van der Waals surface area contributed by atoms with E-state index in [0.29, 0.717) is 30.1 Å². The third-order valence-corrected chi connectivity index (χ3v) is 4.76. The monoisotopic (exact) mass is 349 g/mol. The zero-order chi connectivity index (χ0) is 18.3. The Balaban J connectivity index is 1.68. The molecule has 0 saturated heterocycles. The number of fused-ring (bicyclic) bond motifs is 2. The number of hydrogen-bond donors (Lipinski definition) is 2. The molecular formula is C20H19N3O3. The van der Waals surface area contributed by atoms with Crippen LogP contribution in [-0.2, 0) is 13.6 Å². The molecule has 132 valence electrons. The van der Waals surface area contributed by atoms with Gasteiger partial charge in [0.05, 0.1) is 5.69 Å². The highest BCUT2D eigenvalue weighted by Gasteiger charge is 2.28. The molecule has 3 aromatic rings. The molecule has 2 aromatic carbocycles.